The van der Waals surface area contributed by atoms with E-state index in [-0.39, 0.29) is 0 Å². The third-order valence-corrected chi connectivity index (χ3v) is 4.12. The monoisotopic (exact) mass is 231 g/mol. The van der Waals surface area contributed by atoms with Crippen molar-refractivity contribution in [2.24, 2.45) is 11.8 Å². The summed E-state index contributed by atoms with van der Waals surface area (Å²) in [5, 5.41) is 3.39. The van der Waals surface area contributed by atoms with Gasteiger partial charge in [-0.3, -0.25) is 0 Å². The Morgan fingerprint density at radius 3 is 2.47 bits per heavy atom. The lowest BCUT2D eigenvalue weighted by Gasteiger charge is -2.30. The maximum atomic E-state index is 3.39. The van der Waals surface area contributed by atoms with Gasteiger partial charge in [0.15, 0.2) is 0 Å². The summed E-state index contributed by atoms with van der Waals surface area (Å²) in [6, 6.07) is 11.0. The third kappa shape index (κ3) is 3.85. The van der Waals surface area contributed by atoms with Crippen molar-refractivity contribution in [1.82, 2.24) is 5.32 Å². The van der Waals surface area contributed by atoms with Crippen molar-refractivity contribution in [3.05, 3.63) is 35.9 Å². The van der Waals surface area contributed by atoms with Crippen molar-refractivity contribution in [1.29, 1.82) is 0 Å². The van der Waals surface area contributed by atoms with Gasteiger partial charge < -0.3 is 5.32 Å². The predicted molar refractivity (Wildman–Crippen MR) is 74.1 cm³/mol. The van der Waals surface area contributed by atoms with Gasteiger partial charge in [-0.15, -0.1) is 0 Å². The Morgan fingerprint density at radius 1 is 1.12 bits per heavy atom. The van der Waals surface area contributed by atoms with Crippen LogP contribution in [0.25, 0.3) is 0 Å². The summed E-state index contributed by atoms with van der Waals surface area (Å²) in [6.45, 7) is 1.17. The first-order valence-corrected chi connectivity index (χ1v) is 7.08. The number of nitrogens with one attached hydrogen (secondary N) is 1. The van der Waals surface area contributed by atoms with E-state index in [1.54, 1.807) is 0 Å². The van der Waals surface area contributed by atoms with Gasteiger partial charge in [-0.1, -0.05) is 62.4 Å². The SMILES string of the molecule is CNCC(Cc1ccccc1)C1CCCCC1. The molecule has 1 nitrogen and oxygen atoms in total. The van der Waals surface area contributed by atoms with Gasteiger partial charge >= 0.3 is 0 Å². The zero-order valence-corrected chi connectivity index (χ0v) is 11.0. The van der Waals surface area contributed by atoms with Gasteiger partial charge in [0, 0.05) is 0 Å². The van der Waals surface area contributed by atoms with Crippen LogP contribution in [0.1, 0.15) is 37.7 Å². The summed E-state index contributed by atoms with van der Waals surface area (Å²) in [6.07, 6.45) is 8.47. The highest BCUT2D eigenvalue weighted by Crippen LogP contribution is 2.31. The molecule has 94 valence electrons. The smallest absolute Gasteiger partial charge is 0.00177 e. The molecule has 1 heteroatoms. The van der Waals surface area contributed by atoms with E-state index in [4.69, 9.17) is 0 Å². The van der Waals surface area contributed by atoms with Gasteiger partial charge in [0.25, 0.3) is 0 Å². The van der Waals surface area contributed by atoms with Crippen LogP contribution in [0.5, 0.6) is 0 Å². The average Bonchev–Trinajstić information content (AvgIpc) is 2.40. The molecule has 1 unspecified atom stereocenters. The molecular weight excluding hydrogens is 206 g/mol. The van der Waals surface area contributed by atoms with Crippen molar-refractivity contribution >= 4 is 0 Å². The molecule has 0 aliphatic heterocycles. The second kappa shape index (κ2) is 6.80. The van der Waals surface area contributed by atoms with E-state index in [9.17, 15) is 0 Å². The summed E-state index contributed by atoms with van der Waals surface area (Å²) in [7, 11) is 2.08. The topological polar surface area (TPSA) is 12.0 Å². The maximum absolute atomic E-state index is 3.39. The molecule has 1 aromatic rings. The van der Waals surface area contributed by atoms with E-state index in [2.05, 4.69) is 42.7 Å². The van der Waals surface area contributed by atoms with Crippen molar-refractivity contribution in [3.63, 3.8) is 0 Å². The Hall–Kier alpha value is -0.820. The number of rotatable bonds is 5. The Bertz CT molecular complexity index is 301. The van der Waals surface area contributed by atoms with E-state index in [1.165, 1.54) is 50.6 Å². The molecule has 0 heterocycles. The lowest BCUT2D eigenvalue weighted by molar-refractivity contribution is 0.243. The van der Waals surface area contributed by atoms with Crippen LogP contribution in [0.2, 0.25) is 0 Å². The first-order chi connectivity index (χ1) is 8.40. The standard InChI is InChI=1S/C16H25N/c1-17-13-16(15-10-6-3-7-11-15)12-14-8-4-2-5-9-14/h2,4-5,8-9,15-17H,3,6-7,10-13H2,1H3. The molecule has 17 heavy (non-hydrogen) atoms. The summed E-state index contributed by atoms with van der Waals surface area (Å²) in [5.41, 5.74) is 1.50. The van der Waals surface area contributed by atoms with Gasteiger partial charge in [-0.2, -0.15) is 0 Å². The van der Waals surface area contributed by atoms with E-state index in [1.807, 2.05) is 0 Å². The zero-order valence-electron chi connectivity index (χ0n) is 11.0. The number of benzene rings is 1. The maximum Gasteiger partial charge on any atom is -0.00177 e. The van der Waals surface area contributed by atoms with Gasteiger partial charge in [0.2, 0.25) is 0 Å². The fraction of sp³-hybridized carbons (Fsp3) is 0.625. The Labute approximate surface area is 106 Å². The predicted octanol–water partition coefficient (Wildman–Crippen LogP) is 3.65. The first-order valence-electron chi connectivity index (χ1n) is 7.08. The minimum Gasteiger partial charge on any atom is -0.319 e. The lowest BCUT2D eigenvalue weighted by atomic mass is 9.77. The van der Waals surface area contributed by atoms with Gasteiger partial charge in [0.1, 0.15) is 0 Å². The van der Waals surface area contributed by atoms with E-state index >= 15 is 0 Å². The Balaban J connectivity index is 1.96. The summed E-state index contributed by atoms with van der Waals surface area (Å²) in [5.74, 6) is 1.76. The average molecular weight is 231 g/mol. The Morgan fingerprint density at radius 2 is 1.82 bits per heavy atom. The van der Waals surface area contributed by atoms with Crippen LogP contribution in [-0.2, 0) is 6.42 Å². The minimum atomic E-state index is 0.822. The van der Waals surface area contributed by atoms with Gasteiger partial charge in [0.05, 0.1) is 0 Å². The van der Waals surface area contributed by atoms with Crippen LogP contribution in [0, 0.1) is 11.8 Å². The molecule has 0 saturated heterocycles. The van der Waals surface area contributed by atoms with E-state index in [0.29, 0.717) is 0 Å². The zero-order chi connectivity index (χ0) is 11.9. The van der Waals surface area contributed by atoms with Crippen LogP contribution in [0.15, 0.2) is 30.3 Å². The largest absolute Gasteiger partial charge is 0.319 e. The summed E-state index contributed by atoms with van der Waals surface area (Å²) < 4.78 is 0. The second-order valence-electron chi connectivity index (χ2n) is 5.41. The molecule has 0 aromatic heterocycles. The molecule has 1 aliphatic rings. The van der Waals surface area contributed by atoms with Crippen LogP contribution in [0.3, 0.4) is 0 Å². The normalized spacial score (nSPS) is 19.1. The molecule has 1 N–H and O–H groups in total. The van der Waals surface area contributed by atoms with Gasteiger partial charge in [-0.05, 0) is 37.4 Å². The molecule has 0 radical (unpaired) electrons. The van der Waals surface area contributed by atoms with Crippen molar-refractivity contribution in [2.75, 3.05) is 13.6 Å². The van der Waals surface area contributed by atoms with Gasteiger partial charge in [-0.25, -0.2) is 0 Å². The number of hydrogen-bond acceptors (Lipinski definition) is 1. The molecule has 2 rings (SSSR count). The third-order valence-electron chi connectivity index (χ3n) is 4.12. The molecule has 1 aromatic carbocycles. The molecule has 1 saturated carbocycles. The number of hydrogen-bond donors (Lipinski definition) is 1. The van der Waals surface area contributed by atoms with Crippen molar-refractivity contribution in [2.45, 2.75) is 38.5 Å². The molecule has 0 amide bonds. The Kier molecular flexibility index (Phi) is 5.06. The van der Waals surface area contributed by atoms with Crippen LogP contribution >= 0.6 is 0 Å². The van der Waals surface area contributed by atoms with Crippen molar-refractivity contribution in [3.8, 4) is 0 Å². The van der Waals surface area contributed by atoms with Crippen LogP contribution < -0.4 is 5.32 Å². The highest BCUT2D eigenvalue weighted by atomic mass is 14.8. The van der Waals surface area contributed by atoms with Crippen LogP contribution in [-0.4, -0.2) is 13.6 Å². The molecule has 0 spiro atoms. The summed E-state index contributed by atoms with van der Waals surface area (Å²) in [4.78, 5) is 0. The lowest BCUT2D eigenvalue weighted by Crippen LogP contribution is -2.29. The first kappa shape index (κ1) is 12.6. The molecule has 1 atom stereocenters. The fourth-order valence-electron chi connectivity index (χ4n) is 3.19. The van der Waals surface area contributed by atoms with Crippen molar-refractivity contribution < 1.29 is 0 Å². The minimum absolute atomic E-state index is 0.822. The second-order valence-corrected chi connectivity index (χ2v) is 5.41. The molecule has 1 aliphatic carbocycles. The molecular formula is C16H25N. The highest BCUT2D eigenvalue weighted by Gasteiger charge is 2.23. The highest BCUT2D eigenvalue weighted by molar-refractivity contribution is 5.15. The van der Waals surface area contributed by atoms with E-state index in [0.717, 1.165) is 11.8 Å². The summed E-state index contributed by atoms with van der Waals surface area (Å²) >= 11 is 0. The molecule has 0 bridgehead atoms. The fourth-order valence-corrected chi connectivity index (χ4v) is 3.19. The van der Waals surface area contributed by atoms with E-state index < -0.39 is 0 Å². The van der Waals surface area contributed by atoms with Crippen LogP contribution in [0.4, 0.5) is 0 Å². The quantitative estimate of drug-likeness (QED) is 0.815. The molecule has 1 fully saturated rings.